The van der Waals surface area contributed by atoms with E-state index in [2.05, 4.69) is 15.8 Å². The highest BCUT2D eigenvalue weighted by molar-refractivity contribution is 5.97. The van der Waals surface area contributed by atoms with E-state index in [1.165, 1.54) is 48.8 Å². The highest BCUT2D eigenvalue weighted by Crippen LogP contribution is 2.13. The molecule has 2 N–H and O–H groups in total. The molecule has 0 radical (unpaired) electrons. The number of pyridine rings is 1. The Balaban J connectivity index is 1.91. The predicted molar refractivity (Wildman–Crippen MR) is 82.0 cm³/mol. The molecular formula is C15H12N4O4. The molecule has 116 valence electrons. The summed E-state index contributed by atoms with van der Waals surface area (Å²) in [6, 6.07) is 8.82. The lowest BCUT2D eigenvalue weighted by molar-refractivity contribution is -0.384. The van der Waals surface area contributed by atoms with Crippen LogP contribution >= 0.6 is 0 Å². The Morgan fingerprint density at radius 1 is 1.13 bits per heavy atom. The fourth-order valence-corrected chi connectivity index (χ4v) is 1.65. The summed E-state index contributed by atoms with van der Waals surface area (Å²) in [5, 5.41) is 10.7. The van der Waals surface area contributed by atoms with Gasteiger partial charge in [0, 0.05) is 36.2 Å². The Labute approximate surface area is 131 Å². The summed E-state index contributed by atoms with van der Waals surface area (Å²) in [7, 11) is 0. The third kappa shape index (κ3) is 4.74. The molecule has 0 saturated heterocycles. The van der Waals surface area contributed by atoms with E-state index >= 15 is 0 Å². The quantitative estimate of drug-likeness (QED) is 0.504. The second-order valence-electron chi connectivity index (χ2n) is 4.36. The molecule has 0 aliphatic heterocycles. The summed E-state index contributed by atoms with van der Waals surface area (Å²) in [6.07, 6.45) is 5.48. The van der Waals surface area contributed by atoms with E-state index in [1.54, 1.807) is 6.07 Å². The lowest BCUT2D eigenvalue weighted by Crippen LogP contribution is -2.40. The minimum absolute atomic E-state index is 0.0708. The number of nitrogens with one attached hydrogen (secondary N) is 2. The average molecular weight is 312 g/mol. The minimum atomic E-state index is -0.570. The zero-order chi connectivity index (χ0) is 16.7. The zero-order valence-corrected chi connectivity index (χ0v) is 11.8. The van der Waals surface area contributed by atoms with Crippen molar-refractivity contribution in [2.75, 3.05) is 0 Å². The number of aromatic nitrogens is 1. The van der Waals surface area contributed by atoms with Gasteiger partial charge in [-0.3, -0.25) is 35.5 Å². The van der Waals surface area contributed by atoms with E-state index in [1.807, 2.05) is 0 Å². The van der Waals surface area contributed by atoms with E-state index in [-0.39, 0.29) is 5.69 Å². The van der Waals surface area contributed by atoms with Crippen LogP contribution in [-0.4, -0.2) is 21.7 Å². The molecule has 0 atom stereocenters. The number of nitro benzene ring substituents is 1. The Bertz CT molecular complexity index is 759. The lowest BCUT2D eigenvalue weighted by Gasteiger charge is -2.04. The maximum atomic E-state index is 11.7. The molecule has 23 heavy (non-hydrogen) atoms. The summed E-state index contributed by atoms with van der Waals surface area (Å²) < 4.78 is 0. The summed E-state index contributed by atoms with van der Waals surface area (Å²) >= 11 is 0. The highest BCUT2D eigenvalue weighted by Gasteiger charge is 2.06. The van der Waals surface area contributed by atoms with Gasteiger partial charge in [-0.1, -0.05) is 12.1 Å². The Kier molecular flexibility index (Phi) is 5.13. The Morgan fingerprint density at radius 2 is 1.87 bits per heavy atom. The summed E-state index contributed by atoms with van der Waals surface area (Å²) in [4.78, 5) is 37.2. The van der Waals surface area contributed by atoms with E-state index in [0.717, 1.165) is 6.08 Å². The summed E-state index contributed by atoms with van der Waals surface area (Å²) in [5.41, 5.74) is 5.22. The van der Waals surface area contributed by atoms with Crippen molar-refractivity contribution in [2.45, 2.75) is 0 Å². The SMILES string of the molecule is O=C(C=Cc1cccc([N+](=O)[O-])c1)NNC(=O)c1ccncc1. The highest BCUT2D eigenvalue weighted by atomic mass is 16.6. The van der Waals surface area contributed by atoms with Crippen molar-refractivity contribution in [3.05, 3.63) is 76.1 Å². The van der Waals surface area contributed by atoms with Crippen molar-refractivity contribution in [1.82, 2.24) is 15.8 Å². The van der Waals surface area contributed by atoms with E-state index in [9.17, 15) is 19.7 Å². The predicted octanol–water partition coefficient (Wildman–Crippen LogP) is 1.46. The topological polar surface area (TPSA) is 114 Å². The fourth-order valence-electron chi connectivity index (χ4n) is 1.65. The van der Waals surface area contributed by atoms with Gasteiger partial charge in [-0.25, -0.2) is 0 Å². The number of carbonyl (C=O) groups is 2. The number of rotatable bonds is 4. The molecule has 0 spiro atoms. The van der Waals surface area contributed by atoms with Gasteiger partial charge in [0.15, 0.2) is 0 Å². The van der Waals surface area contributed by atoms with Crippen LogP contribution < -0.4 is 10.9 Å². The maximum absolute atomic E-state index is 11.7. The van der Waals surface area contributed by atoms with Gasteiger partial charge in [0.1, 0.15) is 0 Å². The molecule has 1 aromatic carbocycles. The van der Waals surface area contributed by atoms with Crippen molar-refractivity contribution in [1.29, 1.82) is 0 Å². The largest absolute Gasteiger partial charge is 0.270 e. The molecule has 0 unspecified atom stereocenters. The molecule has 0 aliphatic rings. The number of hydrazine groups is 1. The standard InChI is InChI=1S/C15H12N4O4/c20-14(17-18-15(21)12-6-8-16-9-7-12)5-4-11-2-1-3-13(10-11)19(22)23/h1-10H,(H,17,20)(H,18,21). The minimum Gasteiger partial charge on any atom is -0.268 e. The van der Waals surface area contributed by atoms with Crippen LogP contribution in [-0.2, 0) is 4.79 Å². The number of nitro groups is 1. The van der Waals surface area contributed by atoms with E-state index in [0.29, 0.717) is 11.1 Å². The van der Waals surface area contributed by atoms with Crippen LogP contribution in [0.4, 0.5) is 5.69 Å². The molecule has 1 heterocycles. The van der Waals surface area contributed by atoms with Crippen LogP contribution in [0.25, 0.3) is 6.08 Å². The van der Waals surface area contributed by atoms with Crippen LogP contribution in [0.2, 0.25) is 0 Å². The van der Waals surface area contributed by atoms with Gasteiger partial charge in [-0.15, -0.1) is 0 Å². The van der Waals surface area contributed by atoms with Crippen molar-refractivity contribution in [3.63, 3.8) is 0 Å². The molecule has 8 nitrogen and oxygen atoms in total. The molecule has 2 amide bonds. The van der Waals surface area contributed by atoms with Crippen molar-refractivity contribution >= 4 is 23.6 Å². The first-order valence-electron chi connectivity index (χ1n) is 6.49. The maximum Gasteiger partial charge on any atom is 0.270 e. The number of non-ortho nitro benzene ring substituents is 1. The summed E-state index contributed by atoms with van der Waals surface area (Å²) in [5.74, 6) is -1.05. The number of amides is 2. The van der Waals surface area contributed by atoms with E-state index in [4.69, 9.17) is 0 Å². The average Bonchev–Trinajstić information content (AvgIpc) is 2.58. The van der Waals surface area contributed by atoms with Crippen molar-refractivity contribution in [3.8, 4) is 0 Å². The van der Waals surface area contributed by atoms with Crippen LogP contribution in [0.5, 0.6) is 0 Å². The van der Waals surface area contributed by atoms with Crippen LogP contribution in [0.3, 0.4) is 0 Å². The first kappa shape index (κ1) is 15.8. The van der Waals surface area contributed by atoms with Gasteiger partial charge in [0.05, 0.1) is 4.92 Å². The first-order chi connectivity index (χ1) is 11.1. The van der Waals surface area contributed by atoms with Crippen molar-refractivity contribution in [2.24, 2.45) is 0 Å². The van der Waals surface area contributed by atoms with Crippen LogP contribution in [0, 0.1) is 10.1 Å². The molecule has 0 bridgehead atoms. The number of hydrogen-bond acceptors (Lipinski definition) is 5. The second-order valence-corrected chi connectivity index (χ2v) is 4.36. The molecule has 0 aliphatic carbocycles. The molecule has 2 aromatic rings. The van der Waals surface area contributed by atoms with Crippen LogP contribution in [0.15, 0.2) is 54.9 Å². The van der Waals surface area contributed by atoms with Gasteiger partial charge >= 0.3 is 0 Å². The normalized spacial score (nSPS) is 10.3. The van der Waals surface area contributed by atoms with E-state index < -0.39 is 16.7 Å². The third-order valence-electron chi connectivity index (χ3n) is 2.75. The lowest BCUT2D eigenvalue weighted by atomic mass is 10.2. The molecule has 1 aromatic heterocycles. The molecular weight excluding hydrogens is 300 g/mol. The number of hydrogen-bond donors (Lipinski definition) is 2. The van der Waals surface area contributed by atoms with Gasteiger partial charge in [0.25, 0.3) is 17.5 Å². The van der Waals surface area contributed by atoms with Crippen molar-refractivity contribution < 1.29 is 14.5 Å². The van der Waals surface area contributed by atoms with Gasteiger partial charge in [0.2, 0.25) is 0 Å². The third-order valence-corrected chi connectivity index (χ3v) is 2.75. The molecule has 0 fully saturated rings. The zero-order valence-electron chi connectivity index (χ0n) is 11.8. The monoisotopic (exact) mass is 312 g/mol. The fraction of sp³-hybridized carbons (Fsp3) is 0. The first-order valence-corrected chi connectivity index (χ1v) is 6.49. The molecule has 8 heteroatoms. The number of benzene rings is 1. The Hall–Kier alpha value is -3.55. The second kappa shape index (κ2) is 7.46. The molecule has 2 rings (SSSR count). The number of nitrogens with zero attached hydrogens (tertiary/aromatic N) is 2. The smallest absolute Gasteiger partial charge is 0.268 e. The molecule has 0 saturated carbocycles. The van der Waals surface area contributed by atoms with Gasteiger partial charge in [-0.05, 0) is 23.8 Å². The number of carbonyl (C=O) groups excluding carboxylic acids is 2. The van der Waals surface area contributed by atoms with Crippen LogP contribution in [0.1, 0.15) is 15.9 Å². The van der Waals surface area contributed by atoms with Gasteiger partial charge in [-0.2, -0.15) is 0 Å². The summed E-state index contributed by atoms with van der Waals surface area (Å²) in [6.45, 7) is 0. The van der Waals surface area contributed by atoms with Gasteiger partial charge < -0.3 is 0 Å². The Morgan fingerprint density at radius 3 is 2.57 bits per heavy atom.